The van der Waals surface area contributed by atoms with E-state index in [9.17, 15) is 0 Å². The average molecular weight is 809 g/mol. The van der Waals surface area contributed by atoms with E-state index in [0.29, 0.717) is 0 Å². The maximum atomic E-state index is 2.75. The molecule has 300 valence electrons. The summed E-state index contributed by atoms with van der Waals surface area (Å²) in [5, 5.41) is 5.50. The Morgan fingerprint density at radius 3 is 1.93 bits per heavy atom. The highest BCUT2D eigenvalue weighted by Crippen LogP contribution is 2.57. The van der Waals surface area contributed by atoms with Crippen LogP contribution in [0.25, 0.3) is 69.9 Å². The molecule has 0 saturated heterocycles. The zero-order chi connectivity index (χ0) is 42.3. The molecule has 0 atom stereocenters. The van der Waals surface area contributed by atoms with Crippen LogP contribution in [0.1, 0.15) is 104 Å². The summed E-state index contributed by atoms with van der Waals surface area (Å²) < 4.78 is 5.40. The third kappa shape index (κ3) is 4.92. The van der Waals surface area contributed by atoms with Gasteiger partial charge >= 0.3 is 6.85 Å². The van der Waals surface area contributed by atoms with Crippen LogP contribution in [-0.2, 0) is 21.7 Å². The lowest BCUT2D eigenvalue weighted by Gasteiger charge is -2.43. The standard InChI is InChI=1S/C57H53BN2S/c1-54(2,3)32-20-24-35(25-21-32)60-46-31-42-38(36-16-12-14-18-41(36)57(42,10)11)30-40(46)48-49-37-17-13-15-19-47(37)61-53(49)50-39-28-33(55(4,5)6)22-26-44(39)59-45-27-23-34(56(7,8)9)29-43(45)58(60)51(48)52(50)59/h12-31H,1-11H3. The molecule has 1 aliphatic carbocycles. The van der Waals surface area contributed by atoms with Crippen LogP contribution < -0.4 is 15.7 Å². The van der Waals surface area contributed by atoms with E-state index in [1.807, 2.05) is 11.3 Å². The highest BCUT2D eigenvalue weighted by atomic mass is 32.1. The lowest BCUT2D eigenvalue weighted by molar-refractivity contribution is 0.590. The Labute approximate surface area is 365 Å². The Morgan fingerprint density at radius 2 is 1.20 bits per heavy atom. The second-order valence-electron chi connectivity index (χ2n) is 21.8. The molecule has 0 N–H and O–H groups in total. The number of aromatic nitrogens is 1. The molecule has 2 aromatic heterocycles. The predicted molar refractivity (Wildman–Crippen MR) is 266 cm³/mol. The number of nitrogens with zero attached hydrogens (tertiary/aromatic N) is 2. The molecule has 12 rings (SSSR count). The minimum atomic E-state index is -0.140. The van der Waals surface area contributed by atoms with E-state index in [1.54, 1.807) is 0 Å². The number of hydrogen-bond acceptors (Lipinski definition) is 2. The van der Waals surface area contributed by atoms with Crippen molar-refractivity contribution in [1.29, 1.82) is 0 Å². The zero-order valence-corrected chi connectivity index (χ0v) is 38.2. The van der Waals surface area contributed by atoms with Crippen molar-refractivity contribution in [2.75, 3.05) is 4.81 Å². The summed E-state index contributed by atoms with van der Waals surface area (Å²) in [7, 11) is 0. The van der Waals surface area contributed by atoms with Crippen molar-refractivity contribution >= 4 is 82.5 Å². The first kappa shape index (κ1) is 37.2. The van der Waals surface area contributed by atoms with Gasteiger partial charge in [-0.15, -0.1) is 11.3 Å². The van der Waals surface area contributed by atoms with Crippen LogP contribution in [0.2, 0.25) is 0 Å². The summed E-state index contributed by atoms with van der Waals surface area (Å²) in [6, 6.07) is 47.8. The molecule has 2 aliphatic heterocycles. The molecule has 7 aromatic carbocycles. The average Bonchev–Trinajstić information content (AvgIpc) is 3.84. The number of fused-ring (bicyclic) bond motifs is 16. The van der Waals surface area contributed by atoms with Gasteiger partial charge < -0.3 is 9.38 Å². The van der Waals surface area contributed by atoms with E-state index in [1.165, 1.54) is 120 Å². The molecule has 0 saturated carbocycles. The molecule has 9 aromatic rings. The molecule has 0 fully saturated rings. The number of thiophene rings is 1. The third-order valence-corrected chi connectivity index (χ3v) is 15.8. The summed E-state index contributed by atoms with van der Waals surface area (Å²) in [5.41, 5.74) is 21.5. The molecule has 61 heavy (non-hydrogen) atoms. The highest BCUT2D eigenvalue weighted by molar-refractivity contribution is 7.27. The van der Waals surface area contributed by atoms with Gasteiger partial charge in [0.05, 0.1) is 11.0 Å². The van der Waals surface area contributed by atoms with E-state index in [-0.39, 0.29) is 28.5 Å². The number of anilines is 2. The van der Waals surface area contributed by atoms with Crippen molar-refractivity contribution < 1.29 is 0 Å². The molecular formula is C57H53BN2S. The maximum Gasteiger partial charge on any atom is 0.333 e. The maximum absolute atomic E-state index is 2.75. The van der Waals surface area contributed by atoms with E-state index in [0.717, 1.165) is 0 Å². The smallest absolute Gasteiger partial charge is 0.333 e. The number of hydrogen-bond donors (Lipinski definition) is 0. The number of rotatable bonds is 1. The highest BCUT2D eigenvalue weighted by Gasteiger charge is 2.47. The molecule has 0 radical (unpaired) electrons. The van der Waals surface area contributed by atoms with Gasteiger partial charge in [0.2, 0.25) is 0 Å². The molecule has 2 nitrogen and oxygen atoms in total. The summed E-state index contributed by atoms with van der Waals surface area (Å²) in [6.45, 7) is 25.9. The molecule has 0 unspecified atom stereocenters. The van der Waals surface area contributed by atoms with Gasteiger partial charge in [0.25, 0.3) is 0 Å². The van der Waals surface area contributed by atoms with Crippen molar-refractivity contribution in [1.82, 2.24) is 4.57 Å². The summed E-state index contributed by atoms with van der Waals surface area (Å²) in [6.07, 6.45) is 0. The first-order valence-corrected chi connectivity index (χ1v) is 23.0. The predicted octanol–water partition coefficient (Wildman–Crippen LogP) is 14.6. The van der Waals surface area contributed by atoms with E-state index < -0.39 is 0 Å². The van der Waals surface area contributed by atoms with Gasteiger partial charge in [0.15, 0.2) is 0 Å². The van der Waals surface area contributed by atoms with Crippen molar-refractivity contribution in [3.05, 3.63) is 149 Å². The van der Waals surface area contributed by atoms with Gasteiger partial charge in [0.1, 0.15) is 0 Å². The fraction of sp³-hybridized carbons (Fsp3) is 0.263. The van der Waals surface area contributed by atoms with Gasteiger partial charge in [-0.25, -0.2) is 0 Å². The van der Waals surface area contributed by atoms with Gasteiger partial charge in [-0.1, -0.05) is 149 Å². The summed E-state index contributed by atoms with van der Waals surface area (Å²) in [4.78, 5) is 2.75. The van der Waals surface area contributed by atoms with Crippen LogP contribution in [0.3, 0.4) is 0 Å². The van der Waals surface area contributed by atoms with Gasteiger partial charge in [-0.05, 0) is 120 Å². The van der Waals surface area contributed by atoms with E-state index in [4.69, 9.17) is 0 Å². The summed E-state index contributed by atoms with van der Waals surface area (Å²) in [5.74, 6) is 0. The Balaban J connectivity index is 1.33. The molecular weight excluding hydrogens is 756 g/mol. The van der Waals surface area contributed by atoms with Crippen molar-refractivity contribution in [3.63, 3.8) is 0 Å². The van der Waals surface area contributed by atoms with E-state index in [2.05, 4.69) is 207 Å². The first-order chi connectivity index (χ1) is 28.9. The Hall–Kier alpha value is -5.58. The monoisotopic (exact) mass is 808 g/mol. The quantitative estimate of drug-likeness (QED) is 0.150. The van der Waals surface area contributed by atoms with Crippen LogP contribution in [0, 0.1) is 0 Å². The molecule has 4 heterocycles. The summed E-state index contributed by atoms with van der Waals surface area (Å²) >= 11 is 1.98. The largest absolute Gasteiger partial charge is 0.376 e. The number of benzene rings is 7. The lowest BCUT2D eigenvalue weighted by atomic mass is 9.43. The van der Waals surface area contributed by atoms with Crippen molar-refractivity contribution in [3.8, 4) is 27.9 Å². The van der Waals surface area contributed by atoms with Gasteiger partial charge in [0, 0.05) is 59.0 Å². The Bertz CT molecular complexity index is 3390. The minimum absolute atomic E-state index is 0.0116. The minimum Gasteiger partial charge on any atom is -0.376 e. The zero-order valence-electron chi connectivity index (χ0n) is 37.4. The van der Waals surface area contributed by atoms with Gasteiger partial charge in [-0.2, -0.15) is 0 Å². The van der Waals surface area contributed by atoms with Crippen LogP contribution in [0.5, 0.6) is 0 Å². The Kier molecular flexibility index (Phi) is 7.24. The van der Waals surface area contributed by atoms with Crippen molar-refractivity contribution in [2.24, 2.45) is 0 Å². The van der Waals surface area contributed by atoms with Crippen molar-refractivity contribution in [2.45, 2.75) is 97.8 Å². The second kappa shape index (κ2) is 11.9. The molecule has 4 heteroatoms. The molecule has 0 spiro atoms. The molecule has 0 amide bonds. The van der Waals surface area contributed by atoms with Crippen LogP contribution in [0.4, 0.5) is 11.4 Å². The topological polar surface area (TPSA) is 8.17 Å². The van der Waals surface area contributed by atoms with Crippen LogP contribution in [0.15, 0.2) is 121 Å². The van der Waals surface area contributed by atoms with Gasteiger partial charge in [-0.3, -0.25) is 0 Å². The normalized spacial score (nSPS) is 15.2. The van der Waals surface area contributed by atoms with Crippen LogP contribution >= 0.6 is 11.3 Å². The first-order valence-electron chi connectivity index (χ1n) is 22.2. The second-order valence-corrected chi connectivity index (χ2v) is 22.9. The fourth-order valence-corrected chi connectivity index (χ4v) is 12.6. The molecule has 3 aliphatic rings. The Morgan fingerprint density at radius 1 is 0.541 bits per heavy atom. The SMILES string of the molecule is CC(C)(C)c1ccc(N2B3c4cc(C(C)(C)C)ccc4-n4c5ccc(C(C)(C)C)cc5c5c6sc7ccccc7c6c(c3c54)-c3cc4c(cc32)C(C)(C)c2ccccc2-4)cc1. The van der Waals surface area contributed by atoms with E-state index >= 15 is 0 Å². The van der Waals surface area contributed by atoms with Crippen LogP contribution in [-0.4, -0.2) is 11.4 Å². The molecule has 0 bridgehead atoms. The fourth-order valence-electron chi connectivity index (χ4n) is 11.3. The third-order valence-electron chi connectivity index (χ3n) is 14.6. The lowest BCUT2D eigenvalue weighted by Crippen LogP contribution is -2.60.